The molecule has 1 aromatic carbocycles. The van der Waals surface area contributed by atoms with Gasteiger partial charge in [0.1, 0.15) is 0 Å². The topological polar surface area (TPSA) is 38.9 Å². The van der Waals surface area contributed by atoms with Crippen LogP contribution in [0.25, 0.3) is 11.3 Å². The van der Waals surface area contributed by atoms with Crippen LogP contribution in [-0.4, -0.2) is 23.0 Å². The van der Waals surface area contributed by atoms with Crippen molar-refractivity contribution in [1.29, 1.82) is 0 Å². The Kier molecular flexibility index (Phi) is 5.23. The number of nitrogens with two attached hydrogens (primary N) is 1. The van der Waals surface area contributed by atoms with E-state index in [4.69, 9.17) is 5.73 Å². The third-order valence-electron chi connectivity index (χ3n) is 2.75. The van der Waals surface area contributed by atoms with Gasteiger partial charge in [-0.1, -0.05) is 30.3 Å². The van der Waals surface area contributed by atoms with E-state index in [-0.39, 0.29) is 6.04 Å². The molecule has 96 valence electrons. The minimum absolute atomic E-state index is 0.229. The first kappa shape index (κ1) is 13.6. The van der Waals surface area contributed by atoms with Crippen LogP contribution < -0.4 is 5.73 Å². The Morgan fingerprint density at radius 2 is 2.11 bits per heavy atom. The zero-order chi connectivity index (χ0) is 12.8. The monoisotopic (exact) mass is 278 g/mol. The molecule has 0 fully saturated rings. The average Bonchev–Trinajstić information content (AvgIpc) is 2.86. The molecule has 0 aliphatic carbocycles. The Balaban J connectivity index is 1.98. The van der Waals surface area contributed by atoms with E-state index in [2.05, 4.69) is 28.8 Å². The van der Waals surface area contributed by atoms with Crippen molar-refractivity contribution < 1.29 is 0 Å². The molecule has 0 aliphatic rings. The Morgan fingerprint density at radius 3 is 2.83 bits per heavy atom. The van der Waals surface area contributed by atoms with E-state index in [1.165, 1.54) is 5.56 Å². The van der Waals surface area contributed by atoms with Gasteiger partial charge < -0.3 is 5.73 Å². The minimum Gasteiger partial charge on any atom is -0.327 e. The first-order valence-electron chi connectivity index (χ1n) is 6.04. The second-order valence-electron chi connectivity index (χ2n) is 4.24. The van der Waals surface area contributed by atoms with Crippen molar-refractivity contribution in [2.75, 3.05) is 12.0 Å². The molecule has 0 saturated heterocycles. The van der Waals surface area contributed by atoms with Crippen LogP contribution in [0.3, 0.4) is 0 Å². The summed E-state index contributed by atoms with van der Waals surface area (Å²) in [5, 5.41) is 3.26. The summed E-state index contributed by atoms with van der Waals surface area (Å²) in [5.41, 5.74) is 8.33. The highest BCUT2D eigenvalue weighted by molar-refractivity contribution is 7.98. The predicted molar refractivity (Wildman–Crippen MR) is 82.2 cm³/mol. The van der Waals surface area contributed by atoms with Crippen LogP contribution in [0.15, 0.2) is 35.7 Å². The van der Waals surface area contributed by atoms with Gasteiger partial charge in [0.25, 0.3) is 0 Å². The fraction of sp³-hybridized carbons (Fsp3) is 0.357. The summed E-state index contributed by atoms with van der Waals surface area (Å²) in [4.78, 5) is 4.66. The number of hydrogen-bond donors (Lipinski definition) is 1. The third kappa shape index (κ3) is 3.83. The van der Waals surface area contributed by atoms with E-state index in [1.54, 1.807) is 11.3 Å². The standard InChI is InChI=1S/C14H18N2S2/c1-17-8-7-12(15)9-14-16-13(10-18-14)11-5-3-2-4-6-11/h2-6,10,12H,7-9,15H2,1H3. The molecule has 0 amide bonds. The molecule has 0 aliphatic heterocycles. The number of rotatable bonds is 6. The number of aromatic nitrogens is 1. The number of nitrogens with zero attached hydrogens (tertiary/aromatic N) is 1. The highest BCUT2D eigenvalue weighted by atomic mass is 32.2. The van der Waals surface area contributed by atoms with Crippen molar-refractivity contribution in [1.82, 2.24) is 4.98 Å². The second-order valence-corrected chi connectivity index (χ2v) is 6.17. The van der Waals surface area contributed by atoms with Crippen LogP contribution in [0.5, 0.6) is 0 Å². The summed E-state index contributed by atoms with van der Waals surface area (Å²) >= 11 is 3.55. The first-order chi connectivity index (χ1) is 8.79. The zero-order valence-electron chi connectivity index (χ0n) is 10.5. The molecule has 4 heteroatoms. The Morgan fingerprint density at radius 1 is 1.33 bits per heavy atom. The number of thioether (sulfide) groups is 1. The molecule has 1 heterocycles. The van der Waals surface area contributed by atoms with Crippen molar-refractivity contribution in [2.24, 2.45) is 5.73 Å². The second kappa shape index (κ2) is 6.92. The van der Waals surface area contributed by atoms with E-state index in [9.17, 15) is 0 Å². The summed E-state index contributed by atoms with van der Waals surface area (Å²) < 4.78 is 0. The zero-order valence-corrected chi connectivity index (χ0v) is 12.1. The third-order valence-corrected chi connectivity index (χ3v) is 4.27. The van der Waals surface area contributed by atoms with Crippen LogP contribution in [0.4, 0.5) is 0 Å². The van der Waals surface area contributed by atoms with Gasteiger partial charge in [-0.05, 0) is 18.4 Å². The highest BCUT2D eigenvalue weighted by Gasteiger charge is 2.08. The maximum absolute atomic E-state index is 6.09. The van der Waals surface area contributed by atoms with Crippen LogP contribution in [0, 0.1) is 0 Å². The van der Waals surface area contributed by atoms with Crippen molar-refractivity contribution in [3.63, 3.8) is 0 Å². The summed E-state index contributed by atoms with van der Waals surface area (Å²) in [7, 11) is 0. The van der Waals surface area contributed by atoms with E-state index in [0.29, 0.717) is 0 Å². The lowest BCUT2D eigenvalue weighted by Crippen LogP contribution is -2.23. The predicted octanol–water partition coefficient (Wildman–Crippen LogP) is 3.43. The van der Waals surface area contributed by atoms with Gasteiger partial charge in [0.2, 0.25) is 0 Å². The minimum atomic E-state index is 0.229. The van der Waals surface area contributed by atoms with Gasteiger partial charge in [0, 0.05) is 23.4 Å². The molecule has 2 rings (SSSR count). The first-order valence-corrected chi connectivity index (χ1v) is 8.31. The SMILES string of the molecule is CSCCC(N)Cc1nc(-c2ccccc2)cs1. The molecule has 0 saturated carbocycles. The van der Waals surface area contributed by atoms with Crippen LogP contribution in [-0.2, 0) is 6.42 Å². The lowest BCUT2D eigenvalue weighted by Gasteiger charge is -2.07. The molecule has 0 radical (unpaired) electrons. The molecule has 2 nitrogen and oxygen atoms in total. The van der Waals surface area contributed by atoms with Crippen LogP contribution in [0.2, 0.25) is 0 Å². The molecular weight excluding hydrogens is 260 g/mol. The van der Waals surface area contributed by atoms with Gasteiger partial charge in [-0.15, -0.1) is 11.3 Å². The molecular formula is C14H18N2S2. The molecule has 0 bridgehead atoms. The molecule has 2 aromatic rings. The van der Waals surface area contributed by atoms with Gasteiger partial charge >= 0.3 is 0 Å². The molecule has 1 aromatic heterocycles. The van der Waals surface area contributed by atoms with E-state index >= 15 is 0 Å². The number of thiazole rings is 1. The van der Waals surface area contributed by atoms with Gasteiger partial charge in [-0.3, -0.25) is 0 Å². The van der Waals surface area contributed by atoms with Crippen molar-refractivity contribution in [3.8, 4) is 11.3 Å². The normalized spacial score (nSPS) is 12.6. The van der Waals surface area contributed by atoms with Gasteiger partial charge in [0.05, 0.1) is 10.7 Å². The number of benzene rings is 1. The summed E-state index contributed by atoms with van der Waals surface area (Å²) in [5.74, 6) is 1.12. The Bertz CT molecular complexity index is 468. The molecule has 1 atom stereocenters. The summed E-state index contributed by atoms with van der Waals surface area (Å²) in [6, 6.07) is 10.5. The molecule has 18 heavy (non-hydrogen) atoms. The van der Waals surface area contributed by atoms with Crippen LogP contribution in [0.1, 0.15) is 11.4 Å². The molecule has 0 spiro atoms. The Labute approximate surface area is 117 Å². The number of hydrogen-bond acceptors (Lipinski definition) is 4. The quantitative estimate of drug-likeness (QED) is 0.880. The highest BCUT2D eigenvalue weighted by Crippen LogP contribution is 2.22. The molecule has 1 unspecified atom stereocenters. The fourth-order valence-electron chi connectivity index (χ4n) is 1.74. The maximum atomic E-state index is 6.09. The van der Waals surface area contributed by atoms with E-state index in [0.717, 1.165) is 29.3 Å². The van der Waals surface area contributed by atoms with E-state index < -0.39 is 0 Å². The van der Waals surface area contributed by atoms with Gasteiger partial charge in [0.15, 0.2) is 0 Å². The van der Waals surface area contributed by atoms with Crippen molar-refractivity contribution >= 4 is 23.1 Å². The summed E-state index contributed by atoms with van der Waals surface area (Å²) in [6.07, 6.45) is 4.06. The van der Waals surface area contributed by atoms with Gasteiger partial charge in [-0.25, -0.2) is 4.98 Å². The maximum Gasteiger partial charge on any atom is 0.0948 e. The fourth-order valence-corrected chi connectivity index (χ4v) is 3.18. The average molecular weight is 278 g/mol. The largest absolute Gasteiger partial charge is 0.327 e. The van der Waals surface area contributed by atoms with Crippen LogP contribution >= 0.6 is 23.1 Å². The lowest BCUT2D eigenvalue weighted by atomic mass is 10.1. The van der Waals surface area contributed by atoms with Gasteiger partial charge in [-0.2, -0.15) is 11.8 Å². The van der Waals surface area contributed by atoms with E-state index in [1.807, 2.05) is 30.0 Å². The Hall–Kier alpha value is -0.840. The lowest BCUT2D eigenvalue weighted by molar-refractivity contribution is 0.650. The van der Waals surface area contributed by atoms with Crippen molar-refractivity contribution in [3.05, 3.63) is 40.7 Å². The smallest absolute Gasteiger partial charge is 0.0948 e. The van der Waals surface area contributed by atoms with Crippen molar-refractivity contribution in [2.45, 2.75) is 18.9 Å². The summed E-state index contributed by atoms with van der Waals surface area (Å²) in [6.45, 7) is 0. The molecule has 2 N–H and O–H groups in total.